The molecule has 1 saturated carbocycles. The molecule has 0 amide bonds. The second kappa shape index (κ2) is 4.78. The molecule has 1 aromatic heterocycles. The zero-order valence-corrected chi connectivity index (χ0v) is 10.4. The van der Waals surface area contributed by atoms with Crippen molar-refractivity contribution in [3.8, 4) is 0 Å². The highest BCUT2D eigenvalue weighted by Crippen LogP contribution is 2.28. The number of aromatic nitrogens is 2. The summed E-state index contributed by atoms with van der Waals surface area (Å²) in [7, 11) is 0. The summed E-state index contributed by atoms with van der Waals surface area (Å²) in [5.74, 6) is 0.581. The maximum Gasteiger partial charge on any atom is 0.0951 e. The lowest BCUT2D eigenvalue weighted by atomic mass is 9.97. The minimum absolute atomic E-state index is 0.558. The fraction of sp³-hybridized carbons (Fsp3) is 0.769. The van der Waals surface area contributed by atoms with Crippen LogP contribution in [0.4, 0.5) is 0 Å². The van der Waals surface area contributed by atoms with Crippen LogP contribution in [0.15, 0.2) is 12.5 Å². The molecule has 1 aliphatic carbocycles. The molecule has 0 aromatic carbocycles. The first-order valence-electron chi connectivity index (χ1n) is 6.66. The summed E-state index contributed by atoms with van der Waals surface area (Å²) >= 11 is 0. The van der Waals surface area contributed by atoms with E-state index in [0.29, 0.717) is 12.0 Å². The Morgan fingerprint density at radius 2 is 2.35 bits per heavy atom. The van der Waals surface area contributed by atoms with E-state index in [2.05, 4.69) is 21.8 Å². The molecule has 4 heteroatoms. The molecule has 1 aliphatic heterocycles. The van der Waals surface area contributed by atoms with Gasteiger partial charge in [-0.2, -0.15) is 0 Å². The summed E-state index contributed by atoms with van der Waals surface area (Å²) in [6.45, 7) is 4.97. The van der Waals surface area contributed by atoms with Crippen LogP contribution >= 0.6 is 0 Å². The Morgan fingerprint density at radius 1 is 1.47 bits per heavy atom. The average molecular weight is 235 g/mol. The maximum absolute atomic E-state index is 5.51. The van der Waals surface area contributed by atoms with Gasteiger partial charge in [-0.15, -0.1) is 0 Å². The predicted molar refractivity (Wildman–Crippen MR) is 65.7 cm³/mol. The van der Waals surface area contributed by atoms with Crippen LogP contribution in [0, 0.1) is 5.92 Å². The molecule has 4 nitrogen and oxygen atoms in total. The lowest BCUT2D eigenvalue weighted by molar-refractivity contribution is 0.0278. The molecule has 0 radical (unpaired) electrons. The first-order valence-corrected chi connectivity index (χ1v) is 6.66. The van der Waals surface area contributed by atoms with Gasteiger partial charge < -0.3 is 14.6 Å². The molecular weight excluding hydrogens is 214 g/mol. The molecule has 1 N–H and O–H groups in total. The second-order valence-corrected chi connectivity index (χ2v) is 5.36. The van der Waals surface area contributed by atoms with Crippen molar-refractivity contribution in [3.05, 3.63) is 18.2 Å². The lowest BCUT2D eigenvalue weighted by Gasteiger charge is -2.31. The quantitative estimate of drug-likeness (QED) is 0.864. The Morgan fingerprint density at radius 3 is 3.12 bits per heavy atom. The van der Waals surface area contributed by atoms with Crippen LogP contribution in [-0.2, 0) is 11.3 Å². The van der Waals surface area contributed by atoms with Crippen molar-refractivity contribution in [3.63, 3.8) is 0 Å². The van der Waals surface area contributed by atoms with Gasteiger partial charge in [-0.25, -0.2) is 4.98 Å². The van der Waals surface area contributed by atoms with Gasteiger partial charge in [0.15, 0.2) is 0 Å². The fourth-order valence-electron chi connectivity index (χ4n) is 2.59. The predicted octanol–water partition coefficient (Wildman–Crippen LogP) is 1.73. The van der Waals surface area contributed by atoms with Crippen LogP contribution in [0.1, 0.15) is 37.9 Å². The Hall–Kier alpha value is -0.870. The molecule has 1 saturated heterocycles. The molecule has 2 fully saturated rings. The van der Waals surface area contributed by atoms with E-state index in [4.69, 9.17) is 4.74 Å². The molecule has 94 valence electrons. The highest BCUT2D eigenvalue weighted by Gasteiger charge is 2.26. The van der Waals surface area contributed by atoms with Crippen molar-refractivity contribution in [2.24, 2.45) is 5.92 Å². The van der Waals surface area contributed by atoms with Crippen LogP contribution in [0.2, 0.25) is 0 Å². The average Bonchev–Trinajstić information content (AvgIpc) is 3.06. The number of imidazole rings is 1. The molecule has 0 bridgehead atoms. The van der Waals surface area contributed by atoms with Crippen molar-refractivity contribution in [2.45, 2.75) is 44.8 Å². The molecule has 0 spiro atoms. The van der Waals surface area contributed by atoms with Crippen molar-refractivity contribution in [1.82, 2.24) is 14.9 Å². The van der Waals surface area contributed by atoms with E-state index in [1.165, 1.54) is 18.5 Å². The SMILES string of the molecule is CC1COCCC1n1cncc1CNC1CC1. The highest BCUT2D eigenvalue weighted by molar-refractivity contribution is 5.02. The van der Waals surface area contributed by atoms with Crippen molar-refractivity contribution < 1.29 is 4.74 Å². The Labute approximate surface area is 102 Å². The number of hydrogen-bond donors (Lipinski definition) is 1. The van der Waals surface area contributed by atoms with Gasteiger partial charge in [-0.05, 0) is 19.3 Å². The van der Waals surface area contributed by atoms with Gasteiger partial charge in [0.2, 0.25) is 0 Å². The normalized spacial score (nSPS) is 29.5. The topological polar surface area (TPSA) is 39.1 Å². The molecule has 2 atom stereocenters. The monoisotopic (exact) mass is 235 g/mol. The number of hydrogen-bond acceptors (Lipinski definition) is 3. The van der Waals surface area contributed by atoms with Crippen molar-refractivity contribution >= 4 is 0 Å². The van der Waals surface area contributed by atoms with Crippen LogP contribution < -0.4 is 5.32 Å². The Kier molecular flexibility index (Phi) is 3.16. The Balaban J connectivity index is 1.69. The van der Waals surface area contributed by atoms with Crippen LogP contribution in [0.3, 0.4) is 0 Å². The number of nitrogens with one attached hydrogen (secondary N) is 1. The van der Waals surface area contributed by atoms with Crippen molar-refractivity contribution in [1.29, 1.82) is 0 Å². The number of nitrogens with zero attached hydrogens (tertiary/aromatic N) is 2. The van der Waals surface area contributed by atoms with Gasteiger partial charge in [0.25, 0.3) is 0 Å². The number of ether oxygens (including phenoxy) is 1. The molecule has 17 heavy (non-hydrogen) atoms. The maximum atomic E-state index is 5.51. The lowest BCUT2D eigenvalue weighted by Crippen LogP contribution is -2.29. The number of rotatable bonds is 4. The fourth-order valence-corrected chi connectivity index (χ4v) is 2.59. The van der Waals surface area contributed by atoms with E-state index in [1.54, 1.807) is 0 Å². The molecule has 2 aliphatic rings. The summed E-state index contributed by atoms with van der Waals surface area (Å²) in [5.41, 5.74) is 1.32. The third kappa shape index (κ3) is 2.53. The molecule has 1 aromatic rings. The van der Waals surface area contributed by atoms with Gasteiger partial charge in [-0.1, -0.05) is 6.92 Å². The third-order valence-electron chi connectivity index (χ3n) is 3.85. The summed E-state index contributed by atoms with van der Waals surface area (Å²) in [4.78, 5) is 4.31. The Bertz CT molecular complexity index is 372. The van der Waals surface area contributed by atoms with Crippen molar-refractivity contribution in [2.75, 3.05) is 13.2 Å². The van der Waals surface area contributed by atoms with E-state index >= 15 is 0 Å². The first kappa shape index (κ1) is 11.2. The van der Waals surface area contributed by atoms with E-state index in [-0.39, 0.29) is 0 Å². The summed E-state index contributed by atoms with van der Waals surface area (Å²) in [6.07, 6.45) is 7.76. The van der Waals surface area contributed by atoms with Crippen LogP contribution in [0.25, 0.3) is 0 Å². The smallest absolute Gasteiger partial charge is 0.0951 e. The molecule has 3 rings (SSSR count). The van der Waals surface area contributed by atoms with Gasteiger partial charge in [0.05, 0.1) is 18.6 Å². The van der Waals surface area contributed by atoms with E-state index < -0.39 is 0 Å². The molecule has 2 unspecified atom stereocenters. The van der Waals surface area contributed by atoms with E-state index in [0.717, 1.165) is 32.2 Å². The van der Waals surface area contributed by atoms with E-state index in [1.807, 2.05) is 12.5 Å². The zero-order chi connectivity index (χ0) is 11.7. The second-order valence-electron chi connectivity index (χ2n) is 5.36. The highest BCUT2D eigenvalue weighted by atomic mass is 16.5. The van der Waals surface area contributed by atoms with E-state index in [9.17, 15) is 0 Å². The van der Waals surface area contributed by atoms with Crippen LogP contribution in [0.5, 0.6) is 0 Å². The minimum atomic E-state index is 0.558. The summed E-state index contributed by atoms with van der Waals surface area (Å²) in [6, 6.07) is 1.31. The summed E-state index contributed by atoms with van der Waals surface area (Å²) in [5, 5.41) is 3.56. The zero-order valence-electron chi connectivity index (χ0n) is 10.4. The summed E-state index contributed by atoms with van der Waals surface area (Å²) < 4.78 is 7.86. The largest absolute Gasteiger partial charge is 0.381 e. The first-order chi connectivity index (χ1) is 8.34. The minimum Gasteiger partial charge on any atom is -0.381 e. The van der Waals surface area contributed by atoms with Gasteiger partial charge >= 0.3 is 0 Å². The van der Waals surface area contributed by atoms with Gasteiger partial charge in [-0.3, -0.25) is 0 Å². The molecule has 2 heterocycles. The third-order valence-corrected chi connectivity index (χ3v) is 3.85. The van der Waals surface area contributed by atoms with Gasteiger partial charge in [0.1, 0.15) is 0 Å². The standard InChI is InChI=1S/C13H21N3O/c1-10-8-17-5-4-13(10)16-9-14-6-12(16)7-15-11-2-3-11/h6,9-11,13,15H,2-5,7-8H2,1H3. The van der Waals surface area contributed by atoms with Gasteiger partial charge in [0, 0.05) is 37.4 Å². The van der Waals surface area contributed by atoms with Crippen LogP contribution in [-0.4, -0.2) is 28.8 Å². The molecular formula is C13H21N3O.